The lowest BCUT2D eigenvalue weighted by Gasteiger charge is -2.20. The van der Waals surface area contributed by atoms with E-state index >= 15 is 0 Å². The summed E-state index contributed by atoms with van der Waals surface area (Å²) in [6.45, 7) is 5.33. The van der Waals surface area contributed by atoms with E-state index < -0.39 is 0 Å². The highest BCUT2D eigenvalue weighted by Gasteiger charge is 2.31. The van der Waals surface area contributed by atoms with Gasteiger partial charge < -0.3 is 0 Å². The normalized spacial score (nSPS) is 32.1. The predicted molar refractivity (Wildman–Crippen MR) is 42.1 cm³/mol. The smallest absolute Gasteiger partial charge is 0.205 e. The van der Waals surface area contributed by atoms with E-state index in [4.69, 9.17) is 0 Å². The molecular formula is C9H12O2. The summed E-state index contributed by atoms with van der Waals surface area (Å²) >= 11 is 0. The Kier molecular flexibility index (Phi) is 2.22. The summed E-state index contributed by atoms with van der Waals surface area (Å²) in [4.78, 5) is 22.2. The van der Waals surface area contributed by atoms with Crippen LogP contribution in [0.15, 0.2) is 12.7 Å². The van der Waals surface area contributed by atoms with Crippen molar-refractivity contribution in [2.75, 3.05) is 0 Å². The van der Waals surface area contributed by atoms with Crippen molar-refractivity contribution in [2.24, 2.45) is 11.8 Å². The summed E-state index contributed by atoms with van der Waals surface area (Å²) in [7, 11) is 0. The van der Waals surface area contributed by atoms with Crippen molar-refractivity contribution >= 4 is 11.6 Å². The average molecular weight is 152 g/mol. The molecule has 0 spiro atoms. The molecular weight excluding hydrogens is 140 g/mol. The zero-order chi connectivity index (χ0) is 8.43. The number of ketones is 2. The molecule has 2 heteroatoms. The third kappa shape index (κ3) is 1.39. The highest BCUT2D eigenvalue weighted by atomic mass is 16.2. The van der Waals surface area contributed by atoms with E-state index in [9.17, 15) is 9.59 Å². The van der Waals surface area contributed by atoms with Gasteiger partial charge in [0.2, 0.25) is 11.6 Å². The van der Waals surface area contributed by atoms with Crippen LogP contribution < -0.4 is 0 Å². The maximum absolute atomic E-state index is 11.1. The first-order valence-corrected chi connectivity index (χ1v) is 3.87. The van der Waals surface area contributed by atoms with E-state index in [-0.39, 0.29) is 23.4 Å². The van der Waals surface area contributed by atoms with E-state index in [2.05, 4.69) is 6.58 Å². The van der Waals surface area contributed by atoms with Crippen LogP contribution in [0.5, 0.6) is 0 Å². The van der Waals surface area contributed by atoms with Gasteiger partial charge in [0.15, 0.2) is 0 Å². The lowest BCUT2D eigenvalue weighted by molar-refractivity contribution is -0.142. The lowest BCUT2D eigenvalue weighted by Crippen LogP contribution is -2.32. The van der Waals surface area contributed by atoms with E-state index in [1.165, 1.54) is 0 Å². The average Bonchev–Trinajstić information content (AvgIpc) is 2.01. The Morgan fingerprint density at radius 2 is 2.00 bits per heavy atom. The molecule has 0 radical (unpaired) electrons. The second-order valence-electron chi connectivity index (χ2n) is 3.05. The molecule has 2 unspecified atom stereocenters. The minimum absolute atomic E-state index is 0.0706. The zero-order valence-corrected chi connectivity index (χ0v) is 6.67. The van der Waals surface area contributed by atoms with Crippen LogP contribution in [-0.2, 0) is 9.59 Å². The van der Waals surface area contributed by atoms with E-state index in [1.54, 1.807) is 13.0 Å². The number of rotatable bonds is 1. The fourth-order valence-corrected chi connectivity index (χ4v) is 1.34. The number of carbonyl (C=O) groups excluding carboxylic acids is 2. The fraction of sp³-hybridized carbons (Fsp3) is 0.556. The van der Waals surface area contributed by atoms with Crippen molar-refractivity contribution in [2.45, 2.75) is 19.8 Å². The molecule has 11 heavy (non-hydrogen) atoms. The van der Waals surface area contributed by atoms with Crippen molar-refractivity contribution in [3.05, 3.63) is 12.7 Å². The largest absolute Gasteiger partial charge is 0.291 e. The van der Waals surface area contributed by atoms with E-state index in [0.29, 0.717) is 0 Å². The first-order chi connectivity index (χ1) is 5.16. The van der Waals surface area contributed by atoms with Gasteiger partial charge in [-0.1, -0.05) is 13.0 Å². The molecule has 0 aromatic carbocycles. The van der Waals surface area contributed by atoms with Crippen LogP contribution in [0, 0.1) is 11.8 Å². The lowest BCUT2D eigenvalue weighted by atomic mass is 9.81. The Labute approximate surface area is 66.3 Å². The van der Waals surface area contributed by atoms with Crippen LogP contribution in [0.4, 0.5) is 0 Å². The number of carbonyl (C=O) groups is 2. The molecule has 2 nitrogen and oxygen atoms in total. The molecule has 1 rings (SSSR count). The van der Waals surface area contributed by atoms with Gasteiger partial charge in [0.25, 0.3) is 0 Å². The Hall–Kier alpha value is -0.920. The van der Waals surface area contributed by atoms with Crippen LogP contribution >= 0.6 is 0 Å². The first kappa shape index (κ1) is 8.18. The third-order valence-corrected chi connectivity index (χ3v) is 2.22. The highest BCUT2D eigenvalue weighted by Crippen LogP contribution is 2.23. The van der Waals surface area contributed by atoms with E-state index in [1.807, 2.05) is 0 Å². The number of hydrogen-bond donors (Lipinski definition) is 0. The first-order valence-electron chi connectivity index (χ1n) is 3.87. The number of allylic oxidation sites excluding steroid dienone is 1. The monoisotopic (exact) mass is 152 g/mol. The molecule has 60 valence electrons. The molecule has 0 bridgehead atoms. The molecule has 0 heterocycles. The summed E-state index contributed by atoms with van der Waals surface area (Å²) in [5.74, 6) is -0.753. The molecule has 1 aliphatic rings. The van der Waals surface area contributed by atoms with Crippen molar-refractivity contribution < 1.29 is 9.59 Å². The highest BCUT2D eigenvalue weighted by molar-refractivity contribution is 6.39. The minimum atomic E-state index is -0.251. The molecule has 2 atom stereocenters. The molecule has 0 N–H and O–H groups in total. The van der Waals surface area contributed by atoms with Crippen molar-refractivity contribution in [3.8, 4) is 0 Å². The van der Waals surface area contributed by atoms with Crippen LogP contribution in [0.2, 0.25) is 0 Å². The summed E-state index contributed by atoms with van der Waals surface area (Å²) in [5, 5.41) is 0. The minimum Gasteiger partial charge on any atom is -0.291 e. The second kappa shape index (κ2) is 2.99. The molecule has 1 saturated carbocycles. The van der Waals surface area contributed by atoms with Gasteiger partial charge in [0.1, 0.15) is 0 Å². The van der Waals surface area contributed by atoms with Gasteiger partial charge in [-0.2, -0.15) is 0 Å². The molecule has 0 saturated heterocycles. The Bertz CT molecular complexity index is 206. The molecule has 0 aromatic heterocycles. The summed E-state index contributed by atoms with van der Waals surface area (Å²) in [5.41, 5.74) is 0. The van der Waals surface area contributed by atoms with Gasteiger partial charge in [-0.05, 0) is 12.8 Å². The topological polar surface area (TPSA) is 34.1 Å². The van der Waals surface area contributed by atoms with Crippen molar-refractivity contribution in [1.82, 2.24) is 0 Å². The number of Topliss-reactive ketones (excluding diaryl/α,β-unsaturated/α-hetero) is 2. The van der Waals surface area contributed by atoms with Gasteiger partial charge in [-0.25, -0.2) is 0 Å². The SMILES string of the molecule is C=CC1CCC(C)C(=O)C1=O. The zero-order valence-electron chi connectivity index (χ0n) is 6.67. The maximum atomic E-state index is 11.1. The van der Waals surface area contributed by atoms with Gasteiger partial charge >= 0.3 is 0 Å². The fourth-order valence-electron chi connectivity index (χ4n) is 1.34. The van der Waals surface area contributed by atoms with Gasteiger partial charge in [0, 0.05) is 11.8 Å². The number of hydrogen-bond acceptors (Lipinski definition) is 2. The van der Waals surface area contributed by atoms with Crippen LogP contribution in [0.25, 0.3) is 0 Å². The van der Waals surface area contributed by atoms with Gasteiger partial charge in [-0.3, -0.25) is 9.59 Å². The van der Waals surface area contributed by atoms with Crippen molar-refractivity contribution in [1.29, 1.82) is 0 Å². The van der Waals surface area contributed by atoms with Gasteiger partial charge in [0.05, 0.1) is 0 Å². The molecule has 1 fully saturated rings. The van der Waals surface area contributed by atoms with Gasteiger partial charge in [-0.15, -0.1) is 6.58 Å². The third-order valence-electron chi connectivity index (χ3n) is 2.22. The Morgan fingerprint density at radius 3 is 2.55 bits per heavy atom. The van der Waals surface area contributed by atoms with E-state index in [0.717, 1.165) is 12.8 Å². The Balaban J connectivity index is 2.74. The predicted octanol–water partition coefficient (Wildman–Crippen LogP) is 1.36. The van der Waals surface area contributed by atoms with Crippen LogP contribution in [-0.4, -0.2) is 11.6 Å². The molecule has 0 amide bonds. The second-order valence-corrected chi connectivity index (χ2v) is 3.05. The molecule has 1 aliphatic carbocycles. The maximum Gasteiger partial charge on any atom is 0.205 e. The van der Waals surface area contributed by atoms with Crippen LogP contribution in [0.1, 0.15) is 19.8 Å². The molecule has 0 aliphatic heterocycles. The quantitative estimate of drug-likeness (QED) is 0.420. The van der Waals surface area contributed by atoms with Crippen molar-refractivity contribution in [3.63, 3.8) is 0 Å². The summed E-state index contributed by atoms with van der Waals surface area (Å²) < 4.78 is 0. The molecule has 0 aromatic rings. The summed E-state index contributed by atoms with van der Waals surface area (Å²) in [6.07, 6.45) is 3.18. The Morgan fingerprint density at radius 1 is 1.36 bits per heavy atom. The standard InChI is InChI=1S/C9H12O2/c1-3-7-5-4-6(2)8(10)9(7)11/h3,6-7H,1,4-5H2,2H3. The van der Waals surface area contributed by atoms with Crippen LogP contribution in [0.3, 0.4) is 0 Å². The summed E-state index contributed by atoms with van der Waals surface area (Å²) in [6, 6.07) is 0.